The van der Waals surface area contributed by atoms with Gasteiger partial charge in [-0.05, 0) is 94.3 Å². The summed E-state index contributed by atoms with van der Waals surface area (Å²) in [6.07, 6.45) is 1.52. The van der Waals surface area contributed by atoms with Crippen LogP contribution >= 0.6 is 12.2 Å². The Bertz CT molecular complexity index is 952. The van der Waals surface area contributed by atoms with Gasteiger partial charge in [-0.2, -0.15) is 0 Å². The number of thiocarbonyl (C=S) groups is 1. The molecule has 144 valence electrons. The highest BCUT2D eigenvalue weighted by Crippen LogP contribution is 2.43. The Balaban J connectivity index is 1.93. The van der Waals surface area contributed by atoms with E-state index >= 15 is 0 Å². The maximum Gasteiger partial charge on any atom is 0.156 e. The maximum absolute atomic E-state index is 10.3. The molecule has 0 bridgehead atoms. The number of hydrogen-bond donors (Lipinski definition) is 3. The summed E-state index contributed by atoms with van der Waals surface area (Å²) in [6, 6.07) is 3.51. The number of anilines is 1. The molecule has 3 N–H and O–H groups in total. The van der Waals surface area contributed by atoms with Crippen LogP contribution in [0.3, 0.4) is 0 Å². The predicted molar refractivity (Wildman–Crippen MR) is 113 cm³/mol. The van der Waals surface area contributed by atoms with Crippen molar-refractivity contribution in [2.24, 2.45) is 0 Å². The lowest BCUT2D eigenvalue weighted by atomic mass is 9.87. The quantitative estimate of drug-likeness (QED) is 0.492. The molecular formula is C22H27NO3S. The molecule has 0 spiro atoms. The third-order valence-electron chi connectivity index (χ3n) is 6.01. The van der Waals surface area contributed by atoms with Gasteiger partial charge in [0.1, 0.15) is 22.2 Å². The lowest BCUT2D eigenvalue weighted by Crippen LogP contribution is -2.47. The monoisotopic (exact) mass is 385 g/mol. The van der Waals surface area contributed by atoms with Gasteiger partial charge in [0.05, 0.1) is 0 Å². The van der Waals surface area contributed by atoms with E-state index in [4.69, 9.17) is 17.0 Å². The van der Waals surface area contributed by atoms with Crippen molar-refractivity contribution in [1.29, 1.82) is 0 Å². The fourth-order valence-corrected chi connectivity index (χ4v) is 3.86. The Morgan fingerprint density at radius 1 is 1.00 bits per heavy atom. The number of phenolic OH excluding ortho intramolecular Hbond substituents is 2. The Labute approximate surface area is 166 Å². The Morgan fingerprint density at radius 3 is 2.33 bits per heavy atom. The van der Waals surface area contributed by atoms with Gasteiger partial charge in [0.15, 0.2) is 5.60 Å². The average molecular weight is 386 g/mol. The molecule has 5 heteroatoms. The Morgan fingerprint density at radius 2 is 1.67 bits per heavy atom. The van der Waals surface area contributed by atoms with E-state index in [-0.39, 0.29) is 5.75 Å². The van der Waals surface area contributed by atoms with Crippen LogP contribution in [0.2, 0.25) is 0 Å². The van der Waals surface area contributed by atoms with Gasteiger partial charge in [-0.25, -0.2) is 0 Å². The van der Waals surface area contributed by atoms with Crippen molar-refractivity contribution in [3.05, 3.63) is 45.5 Å². The molecule has 1 unspecified atom stereocenters. The molecule has 1 aliphatic heterocycles. The van der Waals surface area contributed by atoms with Crippen LogP contribution in [0.5, 0.6) is 17.2 Å². The highest BCUT2D eigenvalue weighted by molar-refractivity contribution is 7.80. The summed E-state index contributed by atoms with van der Waals surface area (Å²) in [5.41, 5.74) is 5.79. The smallest absolute Gasteiger partial charge is 0.156 e. The summed E-state index contributed by atoms with van der Waals surface area (Å²) in [4.78, 5) is 0.615. The SMILES string of the molecule is Cc1c(O)ccc(NC(=S)C2(C)CCc3c(C)c(O)c(C)c(C)c3O2)c1C. The van der Waals surface area contributed by atoms with Gasteiger partial charge < -0.3 is 20.3 Å². The van der Waals surface area contributed by atoms with Gasteiger partial charge in [0.2, 0.25) is 0 Å². The largest absolute Gasteiger partial charge is 0.508 e. The molecular weight excluding hydrogens is 358 g/mol. The lowest BCUT2D eigenvalue weighted by Gasteiger charge is -2.38. The van der Waals surface area contributed by atoms with Crippen LogP contribution in [0.25, 0.3) is 0 Å². The molecule has 1 aliphatic rings. The highest BCUT2D eigenvalue weighted by atomic mass is 32.1. The molecule has 0 saturated heterocycles. The van der Waals surface area contributed by atoms with Crippen molar-refractivity contribution >= 4 is 22.9 Å². The lowest BCUT2D eigenvalue weighted by molar-refractivity contribution is 0.134. The third kappa shape index (κ3) is 3.14. The van der Waals surface area contributed by atoms with Crippen molar-refractivity contribution in [2.45, 2.75) is 60.0 Å². The zero-order chi connectivity index (χ0) is 20.1. The van der Waals surface area contributed by atoms with Crippen molar-refractivity contribution in [3.63, 3.8) is 0 Å². The number of phenols is 2. The van der Waals surface area contributed by atoms with E-state index in [1.54, 1.807) is 6.07 Å². The van der Waals surface area contributed by atoms with Gasteiger partial charge in [0, 0.05) is 11.3 Å². The first kappa shape index (κ1) is 19.5. The summed E-state index contributed by atoms with van der Waals surface area (Å²) < 4.78 is 6.43. The average Bonchev–Trinajstić information content (AvgIpc) is 2.65. The van der Waals surface area contributed by atoms with Crippen LogP contribution in [0.1, 0.15) is 46.7 Å². The minimum Gasteiger partial charge on any atom is -0.508 e. The van der Waals surface area contributed by atoms with Gasteiger partial charge in [0.25, 0.3) is 0 Å². The number of nitrogens with one attached hydrogen (secondary N) is 1. The molecule has 1 atom stereocenters. The summed E-state index contributed by atoms with van der Waals surface area (Å²) in [5.74, 6) is 1.47. The molecule has 2 aromatic carbocycles. The molecule has 0 amide bonds. The number of rotatable bonds is 2. The molecule has 3 rings (SSSR count). The van der Waals surface area contributed by atoms with Crippen molar-refractivity contribution in [3.8, 4) is 17.2 Å². The van der Waals surface area contributed by atoms with Gasteiger partial charge in [-0.3, -0.25) is 0 Å². The van der Waals surface area contributed by atoms with Gasteiger partial charge >= 0.3 is 0 Å². The topological polar surface area (TPSA) is 61.7 Å². The van der Waals surface area contributed by atoms with Crippen LogP contribution in [0.15, 0.2) is 12.1 Å². The van der Waals surface area contributed by atoms with Crippen LogP contribution in [-0.4, -0.2) is 20.8 Å². The fraction of sp³-hybridized carbons (Fsp3) is 0.409. The standard InChI is InChI=1S/C22H27NO3S/c1-11-12(2)18(24)8-7-17(11)23-21(27)22(6)10-9-16-15(5)19(25)13(3)14(4)20(16)26-22/h7-8,24-25H,9-10H2,1-6H3,(H,23,27). The summed E-state index contributed by atoms with van der Waals surface area (Å²) in [7, 11) is 0. The number of aromatic hydroxyl groups is 2. The molecule has 0 aliphatic carbocycles. The molecule has 0 fully saturated rings. The van der Waals surface area contributed by atoms with Crippen LogP contribution in [-0.2, 0) is 6.42 Å². The number of ether oxygens (including phenoxy) is 1. The van der Waals surface area contributed by atoms with E-state index in [1.165, 1.54) is 0 Å². The van der Waals surface area contributed by atoms with E-state index in [0.29, 0.717) is 10.7 Å². The summed E-state index contributed by atoms with van der Waals surface area (Å²) in [6.45, 7) is 11.7. The number of benzene rings is 2. The second-order valence-electron chi connectivity index (χ2n) is 7.70. The third-order valence-corrected chi connectivity index (χ3v) is 6.54. The second-order valence-corrected chi connectivity index (χ2v) is 8.11. The van der Waals surface area contributed by atoms with Gasteiger partial charge in [-0.1, -0.05) is 12.2 Å². The van der Waals surface area contributed by atoms with Crippen molar-refractivity contribution in [2.75, 3.05) is 5.32 Å². The van der Waals surface area contributed by atoms with E-state index in [2.05, 4.69) is 5.32 Å². The first-order chi connectivity index (χ1) is 12.6. The van der Waals surface area contributed by atoms with Crippen LogP contribution < -0.4 is 10.1 Å². The first-order valence-electron chi connectivity index (χ1n) is 9.18. The first-order valence-corrected chi connectivity index (χ1v) is 9.59. The second kappa shape index (κ2) is 6.71. The zero-order valence-corrected chi connectivity index (χ0v) is 17.6. The van der Waals surface area contributed by atoms with Crippen LogP contribution in [0, 0.1) is 34.6 Å². The summed E-state index contributed by atoms with van der Waals surface area (Å²) in [5, 5.41) is 23.5. The van der Waals surface area contributed by atoms with Crippen LogP contribution in [0.4, 0.5) is 5.69 Å². The molecule has 0 saturated carbocycles. The maximum atomic E-state index is 10.3. The minimum atomic E-state index is -0.638. The van der Waals surface area contributed by atoms with E-state index in [0.717, 1.165) is 57.7 Å². The van der Waals surface area contributed by atoms with Gasteiger partial charge in [-0.15, -0.1) is 0 Å². The van der Waals surface area contributed by atoms with Crippen molar-refractivity contribution in [1.82, 2.24) is 0 Å². The van der Waals surface area contributed by atoms with E-state index < -0.39 is 5.60 Å². The fourth-order valence-electron chi connectivity index (χ4n) is 3.60. The molecule has 27 heavy (non-hydrogen) atoms. The molecule has 0 radical (unpaired) electrons. The van der Waals surface area contributed by atoms with Crippen molar-refractivity contribution < 1.29 is 14.9 Å². The van der Waals surface area contributed by atoms with E-state index in [1.807, 2.05) is 47.6 Å². The molecule has 2 aromatic rings. The predicted octanol–water partition coefficient (Wildman–Crippen LogP) is 5.16. The normalized spacial score (nSPS) is 18.6. The number of fused-ring (bicyclic) bond motifs is 1. The van der Waals surface area contributed by atoms with E-state index in [9.17, 15) is 10.2 Å². The zero-order valence-electron chi connectivity index (χ0n) is 16.8. The Kier molecular flexibility index (Phi) is 4.85. The summed E-state index contributed by atoms with van der Waals surface area (Å²) >= 11 is 5.72. The molecule has 0 aromatic heterocycles. The molecule has 1 heterocycles. The highest BCUT2D eigenvalue weighted by Gasteiger charge is 2.38. The molecule has 4 nitrogen and oxygen atoms in total. The number of hydrogen-bond acceptors (Lipinski definition) is 4. The Hall–Kier alpha value is -2.27. The minimum absolute atomic E-state index is 0.277.